The molecule has 3 heteroatoms. The number of pyridine rings is 1. The molecule has 0 unspecified atom stereocenters. The monoisotopic (exact) mass is 193 g/mol. The zero-order chi connectivity index (χ0) is 9.97. The number of rotatable bonds is 1. The Morgan fingerprint density at radius 1 is 1.36 bits per heavy atom. The molecule has 0 saturated carbocycles. The van der Waals surface area contributed by atoms with Gasteiger partial charge in [0.2, 0.25) is 0 Å². The number of aryl methyl sites for hydroxylation is 1. The van der Waals surface area contributed by atoms with Crippen molar-refractivity contribution < 1.29 is 4.74 Å². The normalized spacial score (nSPS) is 18.4. The molecule has 0 spiro atoms. The van der Waals surface area contributed by atoms with Crippen LogP contribution < -0.4 is 5.56 Å². The summed E-state index contributed by atoms with van der Waals surface area (Å²) in [6.45, 7) is 3.55. The lowest BCUT2D eigenvalue weighted by molar-refractivity contribution is 0.0686. The van der Waals surface area contributed by atoms with Crippen LogP contribution in [0.4, 0.5) is 0 Å². The maximum atomic E-state index is 11.6. The van der Waals surface area contributed by atoms with Crippen LogP contribution >= 0.6 is 0 Å². The number of hydrogen-bond acceptors (Lipinski definition) is 2. The lowest BCUT2D eigenvalue weighted by Gasteiger charge is -2.24. The quantitative estimate of drug-likeness (QED) is 0.677. The maximum absolute atomic E-state index is 11.6. The third-order valence-electron chi connectivity index (χ3n) is 2.67. The summed E-state index contributed by atoms with van der Waals surface area (Å²) >= 11 is 0. The van der Waals surface area contributed by atoms with Crippen molar-refractivity contribution in [2.75, 3.05) is 13.2 Å². The molecule has 2 rings (SSSR count). The van der Waals surface area contributed by atoms with Gasteiger partial charge in [-0.3, -0.25) is 4.79 Å². The van der Waals surface area contributed by atoms with Crippen LogP contribution in [0.1, 0.15) is 24.4 Å². The van der Waals surface area contributed by atoms with E-state index in [4.69, 9.17) is 4.74 Å². The topological polar surface area (TPSA) is 31.2 Å². The first-order valence-corrected chi connectivity index (χ1v) is 5.04. The summed E-state index contributed by atoms with van der Waals surface area (Å²) in [4.78, 5) is 11.6. The summed E-state index contributed by atoms with van der Waals surface area (Å²) in [6, 6.07) is 3.83. The van der Waals surface area contributed by atoms with E-state index in [0.29, 0.717) is 6.04 Å². The second kappa shape index (κ2) is 3.96. The average molecular weight is 193 g/mol. The molecule has 2 heterocycles. The highest BCUT2D eigenvalue weighted by atomic mass is 16.5. The van der Waals surface area contributed by atoms with E-state index < -0.39 is 0 Å². The van der Waals surface area contributed by atoms with Crippen LogP contribution in [0.25, 0.3) is 0 Å². The number of aromatic nitrogens is 1. The van der Waals surface area contributed by atoms with Gasteiger partial charge >= 0.3 is 0 Å². The lowest BCUT2D eigenvalue weighted by Crippen LogP contribution is -2.28. The van der Waals surface area contributed by atoms with E-state index in [9.17, 15) is 4.79 Å². The van der Waals surface area contributed by atoms with Gasteiger partial charge in [0.05, 0.1) is 0 Å². The number of ether oxygens (including phenoxy) is 1. The molecular formula is C11H15NO2. The Morgan fingerprint density at radius 2 is 2.07 bits per heavy atom. The Kier molecular flexibility index (Phi) is 2.68. The van der Waals surface area contributed by atoms with Crippen LogP contribution in [0, 0.1) is 6.92 Å². The summed E-state index contributed by atoms with van der Waals surface area (Å²) < 4.78 is 7.12. The molecule has 1 aliphatic rings. The van der Waals surface area contributed by atoms with E-state index in [1.807, 2.05) is 23.8 Å². The van der Waals surface area contributed by atoms with Gasteiger partial charge in [-0.15, -0.1) is 0 Å². The van der Waals surface area contributed by atoms with Crippen molar-refractivity contribution in [3.8, 4) is 0 Å². The van der Waals surface area contributed by atoms with Gasteiger partial charge in [-0.05, 0) is 25.3 Å². The van der Waals surface area contributed by atoms with Gasteiger partial charge in [-0.1, -0.05) is 6.07 Å². The first-order valence-electron chi connectivity index (χ1n) is 5.04. The molecule has 0 aromatic carbocycles. The average Bonchev–Trinajstić information content (AvgIpc) is 2.23. The van der Waals surface area contributed by atoms with E-state index in [1.54, 1.807) is 6.07 Å². The zero-order valence-electron chi connectivity index (χ0n) is 8.40. The number of nitrogens with zero attached hydrogens (tertiary/aromatic N) is 1. The van der Waals surface area contributed by atoms with Crippen LogP contribution in [0.15, 0.2) is 23.1 Å². The van der Waals surface area contributed by atoms with Crippen LogP contribution in [0.3, 0.4) is 0 Å². The Hall–Kier alpha value is -1.09. The van der Waals surface area contributed by atoms with Crippen molar-refractivity contribution in [2.24, 2.45) is 0 Å². The van der Waals surface area contributed by atoms with Crippen molar-refractivity contribution in [1.82, 2.24) is 4.57 Å². The van der Waals surface area contributed by atoms with Gasteiger partial charge in [0.25, 0.3) is 5.56 Å². The van der Waals surface area contributed by atoms with E-state index in [0.717, 1.165) is 31.6 Å². The minimum atomic E-state index is 0.0995. The SMILES string of the molecule is Cc1ccc(=O)n(C2CCOCC2)c1. The van der Waals surface area contributed by atoms with Crippen LogP contribution in [-0.2, 0) is 4.74 Å². The maximum Gasteiger partial charge on any atom is 0.250 e. The Morgan fingerprint density at radius 3 is 2.79 bits per heavy atom. The minimum absolute atomic E-state index is 0.0995. The van der Waals surface area contributed by atoms with Crippen LogP contribution in [0.2, 0.25) is 0 Å². The molecule has 1 aromatic heterocycles. The van der Waals surface area contributed by atoms with Gasteiger partial charge in [0, 0.05) is 31.5 Å². The zero-order valence-corrected chi connectivity index (χ0v) is 8.40. The molecule has 0 amide bonds. The molecule has 3 nitrogen and oxygen atoms in total. The molecule has 1 aliphatic heterocycles. The Balaban J connectivity index is 2.29. The van der Waals surface area contributed by atoms with Gasteiger partial charge in [0.15, 0.2) is 0 Å². The first-order chi connectivity index (χ1) is 6.77. The fourth-order valence-corrected chi connectivity index (χ4v) is 1.86. The highest BCUT2D eigenvalue weighted by molar-refractivity contribution is 5.08. The first kappa shape index (κ1) is 9.46. The smallest absolute Gasteiger partial charge is 0.250 e. The van der Waals surface area contributed by atoms with Crippen LogP contribution in [-0.4, -0.2) is 17.8 Å². The van der Waals surface area contributed by atoms with Gasteiger partial charge in [-0.2, -0.15) is 0 Å². The van der Waals surface area contributed by atoms with E-state index in [2.05, 4.69) is 0 Å². The van der Waals surface area contributed by atoms with Crippen molar-refractivity contribution >= 4 is 0 Å². The third-order valence-corrected chi connectivity index (χ3v) is 2.67. The second-order valence-corrected chi connectivity index (χ2v) is 3.80. The van der Waals surface area contributed by atoms with Crippen LogP contribution in [0.5, 0.6) is 0 Å². The predicted octanol–water partition coefficient (Wildman–Crippen LogP) is 1.51. The predicted molar refractivity (Wildman–Crippen MR) is 54.5 cm³/mol. The highest BCUT2D eigenvalue weighted by Crippen LogP contribution is 2.18. The van der Waals surface area contributed by atoms with Crippen molar-refractivity contribution in [2.45, 2.75) is 25.8 Å². The molecule has 1 saturated heterocycles. The third kappa shape index (κ3) is 1.87. The molecule has 1 aromatic rings. The van der Waals surface area contributed by atoms with E-state index in [1.165, 1.54) is 0 Å². The second-order valence-electron chi connectivity index (χ2n) is 3.80. The molecule has 0 radical (unpaired) electrons. The standard InChI is InChI=1S/C11H15NO2/c1-9-2-3-11(13)12(8-9)10-4-6-14-7-5-10/h2-3,8,10H,4-7H2,1H3. The Bertz CT molecular complexity index is 364. The largest absolute Gasteiger partial charge is 0.381 e. The minimum Gasteiger partial charge on any atom is -0.381 e. The van der Waals surface area contributed by atoms with Crippen molar-refractivity contribution in [1.29, 1.82) is 0 Å². The molecule has 14 heavy (non-hydrogen) atoms. The van der Waals surface area contributed by atoms with Crippen molar-refractivity contribution in [3.63, 3.8) is 0 Å². The fraction of sp³-hybridized carbons (Fsp3) is 0.545. The van der Waals surface area contributed by atoms with Crippen molar-refractivity contribution in [3.05, 3.63) is 34.2 Å². The molecule has 1 fully saturated rings. The summed E-state index contributed by atoms with van der Waals surface area (Å²) in [5, 5.41) is 0. The summed E-state index contributed by atoms with van der Waals surface area (Å²) in [5.74, 6) is 0. The lowest BCUT2D eigenvalue weighted by atomic mass is 10.1. The summed E-state index contributed by atoms with van der Waals surface area (Å²) in [7, 11) is 0. The Labute approximate surface area is 83.3 Å². The summed E-state index contributed by atoms with van der Waals surface area (Å²) in [5.41, 5.74) is 1.23. The molecule has 76 valence electrons. The highest BCUT2D eigenvalue weighted by Gasteiger charge is 2.15. The van der Waals surface area contributed by atoms with E-state index in [-0.39, 0.29) is 5.56 Å². The fourth-order valence-electron chi connectivity index (χ4n) is 1.86. The van der Waals surface area contributed by atoms with E-state index >= 15 is 0 Å². The van der Waals surface area contributed by atoms with Gasteiger partial charge in [0.1, 0.15) is 0 Å². The molecule has 0 bridgehead atoms. The number of hydrogen-bond donors (Lipinski definition) is 0. The summed E-state index contributed by atoms with van der Waals surface area (Å²) in [6.07, 6.45) is 3.84. The molecule has 0 atom stereocenters. The molecule has 0 aliphatic carbocycles. The molecule has 0 N–H and O–H groups in total. The van der Waals surface area contributed by atoms with Gasteiger partial charge in [-0.25, -0.2) is 0 Å². The molecular weight excluding hydrogens is 178 g/mol. The van der Waals surface area contributed by atoms with Gasteiger partial charge < -0.3 is 9.30 Å².